The lowest BCUT2D eigenvalue weighted by Crippen LogP contribution is -2.12. The van der Waals surface area contributed by atoms with E-state index in [9.17, 15) is 0 Å². The van der Waals surface area contributed by atoms with Crippen molar-refractivity contribution in [1.29, 1.82) is 5.26 Å². The van der Waals surface area contributed by atoms with Gasteiger partial charge in [0.1, 0.15) is 5.75 Å². The van der Waals surface area contributed by atoms with E-state index in [1.165, 1.54) is 0 Å². The summed E-state index contributed by atoms with van der Waals surface area (Å²) in [6.07, 6.45) is 8.25. The van der Waals surface area contributed by atoms with E-state index in [0.29, 0.717) is 30.2 Å². The Labute approximate surface area is 144 Å². The van der Waals surface area contributed by atoms with Gasteiger partial charge in [0.2, 0.25) is 0 Å². The second-order valence-electron chi connectivity index (χ2n) is 6.32. The first kappa shape index (κ1) is 18.2. The number of hydrogen-bond acceptors (Lipinski definition) is 5. The maximum atomic E-state index is 9.15. The summed E-state index contributed by atoms with van der Waals surface area (Å²) in [7, 11) is 0.906. The molecule has 7 heteroatoms. The summed E-state index contributed by atoms with van der Waals surface area (Å²) in [6, 6.07) is 7.39. The summed E-state index contributed by atoms with van der Waals surface area (Å²) >= 11 is 0. The highest BCUT2D eigenvalue weighted by Crippen LogP contribution is 2.35. The van der Waals surface area contributed by atoms with Crippen molar-refractivity contribution in [3.05, 3.63) is 30.0 Å². The first-order valence-electron chi connectivity index (χ1n) is 7.49. The number of nitriles is 1. The number of rotatable bonds is 7. The van der Waals surface area contributed by atoms with Crippen LogP contribution in [0.4, 0.5) is 5.69 Å². The topological polar surface area (TPSA) is 86.1 Å². The molecule has 1 aromatic carbocycles. The smallest absolute Gasteiger partial charge is 0.128 e. The number of hydrogen-bond donors (Lipinski definition) is 1. The van der Waals surface area contributed by atoms with Crippen molar-refractivity contribution >= 4 is 15.7 Å². The molecule has 1 aromatic heterocycles. The Bertz CT molecular complexity index is 744. The van der Waals surface area contributed by atoms with Gasteiger partial charge in [-0.3, -0.25) is 4.68 Å². The lowest BCUT2D eigenvalue weighted by molar-refractivity contribution is 0.168. The Hall–Kier alpha value is -2.17. The van der Waals surface area contributed by atoms with Crippen LogP contribution in [-0.4, -0.2) is 48.2 Å². The molecule has 1 heterocycles. The van der Waals surface area contributed by atoms with Crippen LogP contribution in [0.25, 0.3) is 11.3 Å². The second kappa shape index (κ2) is 7.60. The third-order valence-electron chi connectivity index (χ3n) is 3.34. The predicted molar refractivity (Wildman–Crippen MR) is 99.5 cm³/mol. The Morgan fingerprint density at radius 3 is 2.71 bits per heavy atom. The van der Waals surface area contributed by atoms with Crippen molar-refractivity contribution in [3.8, 4) is 23.1 Å². The molecular formula is C17H24N4O2S. The van der Waals surface area contributed by atoms with Crippen molar-refractivity contribution in [2.24, 2.45) is 0 Å². The molecule has 0 bridgehead atoms. The summed E-state index contributed by atoms with van der Waals surface area (Å²) < 4.78 is 13.0. The fraction of sp³-hybridized carbons (Fsp3) is 0.412. The van der Waals surface area contributed by atoms with Crippen molar-refractivity contribution in [2.75, 3.05) is 44.2 Å². The molecular weight excluding hydrogens is 324 g/mol. The van der Waals surface area contributed by atoms with E-state index in [0.717, 1.165) is 17.2 Å². The van der Waals surface area contributed by atoms with E-state index < -0.39 is 10.0 Å². The van der Waals surface area contributed by atoms with E-state index in [1.807, 2.05) is 0 Å². The second-order valence-corrected chi connectivity index (χ2v) is 10.7. The van der Waals surface area contributed by atoms with E-state index in [4.69, 9.17) is 20.5 Å². The molecule has 0 unspecified atom stereocenters. The van der Waals surface area contributed by atoms with Crippen molar-refractivity contribution in [3.63, 3.8) is 0 Å². The summed E-state index contributed by atoms with van der Waals surface area (Å²) in [5.41, 5.74) is 8.70. The van der Waals surface area contributed by atoms with Crippen molar-refractivity contribution in [1.82, 2.24) is 9.78 Å². The number of anilines is 1. The van der Waals surface area contributed by atoms with Gasteiger partial charge in [-0.2, -0.15) is 10.4 Å². The third-order valence-corrected chi connectivity index (χ3v) is 4.21. The van der Waals surface area contributed by atoms with E-state index in [-0.39, 0.29) is 0 Å². The zero-order valence-electron chi connectivity index (χ0n) is 14.6. The van der Waals surface area contributed by atoms with E-state index in [2.05, 4.69) is 29.9 Å². The monoisotopic (exact) mass is 348 g/mol. The molecule has 0 saturated heterocycles. The minimum absolute atomic E-state index is 0.546. The van der Waals surface area contributed by atoms with E-state index in [1.54, 1.807) is 36.2 Å². The molecule has 0 aliphatic carbocycles. The third kappa shape index (κ3) is 4.43. The predicted octanol–water partition coefficient (Wildman–Crippen LogP) is 2.68. The number of nitrogens with two attached hydrogens (primary N) is 1. The number of benzene rings is 1. The maximum absolute atomic E-state index is 9.15. The van der Waals surface area contributed by atoms with E-state index >= 15 is 0 Å². The molecule has 0 saturated carbocycles. The van der Waals surface area contributed by atoms with Gasteiger partial charge < -0.3 is 15.2 Å². The largest absolute Gasteiger partial charge is 0.496 e. The quantitative estimate of drug-likeness (QED) is 0.778. The first-order chi connectivity index (χ1) is 11.4. The average Bonchev–Trinajstić information content (AvgIpc) is 2.90. The highest BCUT2D eigenvalue weighted by Gasteiger charge is 2.16. The Morgan fingerprint density at radius 2 is 2.08 bits per heavy atom. The van der Waals surface area contributed by atoms with Crippen LogP contribution in [-0.2, 0) is 11.3 Å². The summed E-state index contributed by atoms with van der Waals surface area (Å²) in [4.78, 5) is 0. The molecule has 0 spiro atoms. The van der Waals surface area contributed by atoms with Crippen LogP contribution in [0.5, 0.6) is 5.75 Å². The number of ether oxygens (including phenoxy) is 2. The van der Waals surface area contributed by atoms with Gasteiger partial charge in [-0.15, -0.1) is 0 Å². The molecule has 0 amide bonds. The van der Waals surface area contributed by atoms with Crippen LogP contribution in [0.15, 0.2) is 24.4 Å². The highest BCUT2D eigenvalue weighted by molar-refractivity contribution is 8.32. The molecule has 24 heavy (non-hydrogen) atoms. The van der Waals surface area contributed by atoms with Gasteiger partial charge >= 0.3 is 0 Å². The molecule has 2 rings (SSSR count). The molecule has 6 nitrogen and oxygen atoms in total. The normalized spacial score (nSPS) is 12.0. The molecule has 130 valence electrons. The van der Waals surface area contributed by atoms with Gasteiger partial charge in [-0.1, -0.05) is 0 Å². The molecule has 0 aliphatic heterocycles. The number of nitrogen functional groups attached to an aromatic ring is 1. The first-order valence-corrected chi connectivity index (χ1v) is 10.5. The molecule has 0 atom stereocenters. The lowest BCUT2D eigenvalue weighted by Gasteiger charge is -2.24. The number of aromatic nitrogens is 2. The van der Waals surface area contributed by atoms with Crippen molar-refractivity contribution in [2.45, 2.75) is 6.54 Å². The molecule has 2 aromatic rings. The minimum atomic E-state index is -0.688. The van der Waals surface area contributed by atoms with Gasteiger partial charge in [0.15, 0.2) is 0 Å². The molecule has 0 radical (unpaired) electrons. The zero-order valence-corrected chi connectivity index (χ0v) is 15.4. The standard InChI is InChI=1S/C17H24N4O2S/c1-22-16-6-5-13(10-18)9-14(16)17-15(19)11-20-21(17)7-8-23-12-24(2,3)4/h5-6,9,11H,7-8,12,19H2,1-4H3. The van der Waals surface area contributed by atoms with Gasteiger partial charge in [0.05, 0.1) is 55.4 Å². The summed E-state index contributed by atoms with van der Waals surface area (Å²) in [5, 5.41) is 13.5. The van der Waals surface area contributed by atoms with Gasteiger partial charge in [0.25, 0.3) is 0 Å². The fourth-order valence-corrected chi connectivity index (χ4v) is 2.90. The van der Waals surface area contributed by atoms with Gasteiger partial charge in [-0.05, 0) is 37.0 Å². The van der Waals surface area contributed by atoms with Gasteiger partial charge in [-0.25, -0.2) is 10.0 Å². The minimum Gasteiger partial charge on any atom is -0.496 e. The SMILES string of the molecule is COc1ccc(C#N)cc1-c1c(N)cnn1CCOCS(C)(C)C. The highest BCUT2D eigenvalue weighted by atomic mass is 32.3. The Morgan fingerprint density at radius 1 is 1.33 bits per heavy atom. The maximum Gasteiger partial charge on any atom is 0.128 e. The van der Waals surface area contributed by atoms with Crippen molar-refractivity contribution < 1.29 is 9.47 Å². The van der Waals surface area contributed by atoms with Crippen LogP contribution in [0.2, 0.25) is 0 Å². The van der Waals surface area contributed by atoms with Crippen LogP contribution >= 0.6 is 10.0 Å². The van der Waals surface area contributed by atoms with Crippen LogP contribution in [0, 0.1) is 11.3 Å². The molecule has 0 aliphatic rings. The zero-order chi connectivity index (χ0) is 17.7. The number of methoxy groups -OCH3 is 1. The number of nitrogens with zero attached hydrogens (tertiary/aromatic N) is 3. The summed E-state index contributed by atoms with van der Waals surface area (Å²) in [5.74, 6) is 1.41. The Balaban J connectivity index is 2.26. The van der Waals surface area contributed by atoms with Crippen LogP contribution in [0.1, 0.15) is 5.56 Å². The van der Waals surface area contributed by atoms with Gasteiger partial charge in [0, 0.05) is 5.56 Å². The fourth-order valence-electron chi connectivity index (χ4n) is 2.29. The van der Waals surface area contributed by atoms with Crippen LogP contribution in [0.3, 0.4) is 0 Å². The Kier molecular flexibility index (Phi) is 5.75. The lowest BCUT2D eigenvalue weighted by atomic mass is 10.1. The van der Waals surface area contributed by atoms with Crippen LogP contribution < -0.4 is 10.5 Å². The molecule has 0 fully saturated rings. The average molecular weight is 348 g/mol. The molecule has 2 N–H and O–H groups in total. The summed E-state index contributed by atoms with van der Waals surface area (Å²) in [6.45, 7) is 1.14.